The van der Waals surface area contributed by atoms with Crippen molar-refractivity contribution in [2.75, 3.05) is 5.32 Å². The molecule has 0 bridgehead atoms. The molecule has 3 aromatic carbocycles. The molecule has 28 heavy (non-hydrogen) atoms. The van der Waals surface area contributed by atoms with E-state index in [4.69, 9.17) is 0 Å². The Morgan fingerprint density at radius 1 is 0.750 bits per heavy atom. The summed E-state index contributed by atoms with van der Waals surface area (Å²) in [5, 5.41) is 4.81. The highest BCUT2D eigenvalue weighted by atomic mass is 31.2. The Balaban J connectivity index is 1.79. The standard InChI is InChI=1S/C24H20NO2P/c26-21-16-19(24(17-21)25-20-10-4-1-5-11-20)18-28(27,22-12-6-2-7-13-22)23-14-8-3-9-15-23/h1-15,17-18,25H,16H2/b19-18+. The van der Waals surface area contributed by atoms with Crippen molar-refractivity contribution in [3.63, 3.8) is 0 Å². The molecule has 0 saturated carbocycles. The van der Waals surface area contributed by atoms with E-state index in [-0.39, 0.29) is 12.2 Å². The van der Waals surface area contributed by atoms with Crippen molar-refractivity contribution in [3.8, 4) is 0 Å². The number of hydrogen-bond acceptors (Lipinski definition) is 3. The number of hydrogen-bond donors (Lipinski definition) is 1. The molecule has 4 heteroatoms. The molecule has 0 atom stereocenters. The van der Waals surface area contributed by atoms with Crippen LogP contribution in [0.4, 0.5) is 5.69 Å². The SMILES string of the molecule is O=C1C=C(Nc2ccccc2)/C(=C/P(=O)(c2ccccc2)c2ccccc2)C1. The van der Waals surface area contributed by atoms with Crippen LogP contribution in [0.2, 0.25) is 0 Å². The Labute approximate surface area is 164 Å². The Bertz CT molecular complexity index is 1040. The lowest BCUT2D eigenvalue weighted by atomic mass is 10.2. The smallest absolute Gasteiger partial charge is 0.164 e. The number of benzene rings is 3. The molecule has 3 nitrogen and oxygen atoms in total. The van der Waals surface area contributed by atoms with Crippen LogP contribution in [0.1, 0.15) is 6.42 Å². The van der Waals surface area contributed by atoms with Gasteiger partial charge in [-0.1, -0.05) is 78.9 Å². The molecule has 0 saturated heterocycles. The molecule has 1 aliphatic rings. The van der Waals surface area contributed by atoms with Gasteiger partial charge in [-0.2, -0.15) is 0 Å². The van der Waals surface area contributed by atoms with E-state index in [9.17, 15) is 9.36 Å². The maximum absolute atomic E-state index is 14.2. The van der Waals surface area contributed by atoms with Gasteiger partial charge in [0.25, 0.3) is 0 Å². The highest BCUT2D eigenvalue weighted by Gasteiger charge is 2.28. The third kappa shape index (κ3) is 3.76. The molecule has 0 radical (unpaired) electrons. The molecular weight excluding hydrogens is 365 g/mol. The molecule has 0 aromatic heterocycles. The first-order valence-corrected chi connectivity index (χ1v) is 10.9. The van der Waals surface area contributed by atoms with Crippen LogP contribution in [-0.4, -0.2) is 5.78 Å². The molecule has 3 aromatic rings. The van der Waals surface area contributed by atoms with Crippen molar-refractivity contribution in [1.82, 2.24) is 0 Å². The molecule has 0 heterocycles. The summed E-state index contributed by atoms with van der Waals surface area (Å²) in [7, 11) is -3.04. The van der Waals surface area contributed by atoms with Crippen LogP contribution in [0.3, 0.4) is 0 Å². The molecule has 0 unspecified atom stereocenters. The predicted octanol–water partition coefficient (Wildman–Crippen LogP) is 4.85. The van der Waals surface area contributed by atoms with Gasteiger partial charge in [-0.15, -0.1) is 0 Å². The second kappa shape index (κ2) is 7.84. The van der Waals surface area contributed by atoms with Gasteiger partial charge >= 0.3 is 0 Å². The van der Waals surface area contributed by atoms with E-state index in [1.165, 1.54) is 0 Å². The topological polar surface area (TPSA) is 46.2 Å². The van der Waals surface area contributed by atoms with Crippen molar-refractivity contribution >= 4 is 29.2 Å². The lowest BCUT2D eigenvalue weighted by molar-refractivity contribution is -0.113. The van der Waals surface area contributed by atoms with Gasteiger partial charge in [0.1, 0.15) is 0 Å². The maximum Gasteiger partial charge on any atom is 0.164 e. The zero-order chi connectivity index (χ0) is 19.4. The molecule has 0 amide bonds. The largest absolute Gasteiger partial charge is 0.355 e. The molecule has 1 aliphatic carbocycles. The van der Waals surface area contributed by atoms with Gasteiger partial charge in [-0.05, 0) is 23.5 Å². The lowest BCUT2D eigenvalue weighted by Gasteiger charge is -2.18. The Hall–Kier alpha value is -3.16. The quantitative estimate of drug-likeness (QED) is 0.639. The molecule has 0 spiro atoms. The zero-order valence-corrected chi connectivity index (χ0v) is 16.2. The summed E-state index contributed by atoms with van der Waals surface area (Å²) in [5.41, 5.74) is 2.37. The van der Waals surface area contributed by atoms with E-state index in [0.717, 1.165) is 21.9 Å². The number of carbonyl (C=O) groups excluding carboxylic acids is 1. The second-order valence-corrected chi connectivity index (χ2v) is 9.28. The van der Waals surface area contributed by atoms with E-state index >= 15 is 0 Å². The summed E-state index contributed by atoms with van der Waals surface area (Å²) in [6.45, 7) is 0. The summed E-state index contributed by atoms with van der Waals surface area (Å²) in [6, 6.07) is 28.6. The number of anilines is 1. The first-order valence-electron chi connectivity index (χ1n) is 9.15. The minimum absolute atomic E-state index is 0.0114. The Morgan fingerprint density at radius 2 is 1.25 bits per heavy atom. The van der Waals surface area contributed by atoms with Gasteiger partial charge < -0.3 is 9.88 Å². The van der Waals surface area contributed by atoms with E-state index in [0.29, 0.717) is 5.70 Å². The van der Waals surface area contributed by atoms with Gasteiger partial charge in [0.15, 0.2) is 12.9 Å². The molecule has 1 N–H and O–H groups in total. The zero-order valence-electron chi connectivity index (χ0n) is 15.3. The number of rotatable bonds is 5. The number of ketones is 1. The average molecular weight is 385 g/mol. The normalized spacial score (nSPS) is 15.5. The van der Waals surface area contributed by atoms with E-state index in [1.807, 2.05) is 91.0 Å². The van der Waals surface area contributed by atoms with Gasteiger partial charge in [0, 0.05) is 34.5 Å². The summed E-state index contributed by atoms with van der Waals surface area (Å²) in [4.78, 5) is 12.2. The predicted molar refractivity (Wildman–Crippen MR) is 116 cm³/mol. The summed E-state index contributed by atoms with van der Waals surface area (Å²) >= 11 is 0. The molecule has 0 aliphatic heterocycles. The van der Waals surface area contributed by atoms with E-state index < -0.39 is 7.14 Å². The van der Waals surface area contributed by atoms with Gasteiger partial charge in [0.2, 0.25) is 0 Å². The van der Waals surface area contributed by atoms with Crippen molar-refractivity contribution in [2.24, 2.45) is 0 Å². The first kappa shape index (κ1) is 18.2. The maximum atomic E-state index is 14.2. The van der Waals surface area contributed by atoms with Crippen LogP contribution in [0.5, 0.6) is 0 Å². The second-order valence-electron chi connectivity index (χ2n) is 6.68. The van der Waals surface area contributed by atoms with Gasteiger partial charge in [-0.25, -0.2) is 0 Å². The summed E-state index contributed by atoms with van der Waals surface area (Å²) < 4.78 is 14.2. The van der Waals surface area contributed by atoms with Crippen molar-refractivity contribution < 1.29 is 9.36 Å². The monoisotopic (exact) mass is 385 g/mol. The van der Waals surface area contributed by atoms with E-state index in [1.54, 1.807) is 11.9 Å². The number of allylic oxidation sites excluding steroid dienone is 2. The molecule has 4 rings (SSSR count). The van der Waals surface area contributed by atoms with Crippen molar-refractivity contribution in [3.05, 3.63) is 114 Å². The minimum Gasteiger partial charge on any atom is -0.355 e. The van der Waals surface area contributed by atoms with Crippen molar-refractivity contribution in [1.29, 1.82) is 0 Å². The number of para-hydroxylation sites is 1. The van der Waals surface area contributed by atoms with Crippen LogP contribution < -0.4 is 15.9 Å². The Kier molecular flexibility index (Phi) is 5.10. The van der Waals surface area contributed by atoms with Crippen molar-refractivity contribution in [2.45, 2.75) is 6.42 Å². The van der Waals surface area contributed by atoms with Crippen LogP contribution in [0, 0.1) is 0 Å². The van der Waals surface area contributed by atoms with Gasteiger partial charge in [0.05, 0.1) is 0 Å². The summed E-state index contributed by atoms with van der Waals surface area (Å²) in [6.07, 6.45) is 1.85. The fourth-order valence-electron chi connectivity index (χ4n) is 3.31. The average Bonchev–Trinajstić information content (AvgIpc) is 3.08. The molecule has 0 fully saturated rings. The first-order chi connectivity index (χ1) is 13.6. The highest BCUT2D eigenvalue weighted by molar-refractivity contribution is 7.81. The van der Waals surface area contributed by atoms with E-state index in [2.05, 4.69) is 5.32 Å². The minimum atomic E-state index is -3.04. The fraction of sp³-hybridized carbons (Fsp3) is 0.0417. The lowest BCUT2D eigenvalue weighted by Crippen LogP contribution is -2.15. The summed E-state index contributed by atoms with van der Waals surface area (Å²) in [5.74, 6) is 1.81. The molecule has 138 valence electrons. The molecular formula is C24H20NO2P. The van der Waals surface area contributed by atoms with Gasteiger partial charge in [-0.3, -0.25) is 4.79 Å². The Morgan fingerprint density at radius 3 is 1.79 bits per heavy atom. The van der Waals surface area contributed by atoms with Crippen LogP contribution in [-0.2, 0) is 9.36 Å². The third-order valence-corrected chi connectivity index (χ3v) is 7.49. The van der Waals surface area contributed by atoms with Crippen LogP contribution in [0.25, 0.3) is 0 Å². The number of carbonyl (C=O) groups is 1. The van der Waals surface area contributed by atoms with Crippen LogP contribution >= 0.6 is 7.14 Å². The fourth-order valence-corrected chi connectivity index (χ4v) is 5.81. The number of nitrogens with one attached hydrogen (secondary N) is 1. The third-order valence-electron chi connectivity index (χ3n) is 4.69. The van der Waals surface area contributed by atoms with Crippen LogP contribution in [0.15, 0.2) is 114 Å². The highest BCUT2D eigenvalue weighted by Crippen LogP contribution is 2.48.